The lowest BCUT2D eigenvalue weighted by Gasteiger charge is -2.22. The molecule has 0 aliphatic heterocycles. The van der Waals surface area contributed by atoms with Gasteiger partial charge in [0.2, 0.25) is 0 Å². The van der Waals surface area contributed by atoms with E-state index in [1.165, 1.54) is 12.1 Å². The summed E-state index contributed by atoms with van der Waals surface area (Å²) in [5, 5.41) is 0. The van der Waals surface area contributed by atoms with Gasteiger partial charge < -0.3 is 4.74 Å². The zero-order valence-electron chi connectivity index (χ0n) is 15.5. The molecule has 0 aliphatic carbocycles. The SMILES string of the molecule is CCOC(=O)CN(C)CCC(c1ccccc1)c1ccc(C(F)(F)F)cc1. The van der Waals surface area contributed by atoms with Crippen LogP contribution < -0.4 is 0 Å². The number of ether oxygens (including phenoxy) is 1. The third-order valence-electron chi connectivity index (χ3n) is 4.35. The lowest BCUT2D eigenvalue weighted by atomic mass is 9.88. The highest BCUT2D eigenvalue weighted by atomic mass is 19.4. The van der Waals surface area contributed by atoms with Gasteiger partial charge in [0.05, 0.1) is 18.7 Å². The van der Waals surface area contributed by atoms with Crippen molar-refractivity contribution in [3.05, 3.63) is 71.3 Å². The molecule has 1 unspecified atom stereocenters. The van der Waals surface area contributed by atoms with Gasteiger partial charge in [-0.25, -0.2) is 0 Å². The summed E-state index contributed by atoms with van der Waals surface area (Å²) in [5.74, 6) is -0.344. The smallest absolute Gasteiger partial charge is 0.416 e. The second kappa shape index (κ2) is 9.55. The lowest BCUT2D eigenvalue weighted by Crippen LogP contribution is -2.29. The summed E-state index contributed by atoms with van der Waals surface area (Å²) in [6.07, 6.45) is -3.67. The number of nitrogens with zero attached hydrogens (tertiary/aromatic N) is 1. The van der Waals surface area contributed by atoms with Gasteiger partial charge in [-0.2, -0.15) is 13.2 Å². The minimum absolute atomic E-state index is 0.0573. The van der Waals surface area contributed by atoms with Gasteiger partial charge in [0.1, 0.15) is 0 Å². The largest absolute Gasteiger partial charge is 0.465 e. The Hall–Kier alpha value is -2.34. The molecule has 3 nitrogen and oxygen atoms in total. The lowest BCUT2D eigenvalue weighted by molar-refractivity contribution is -0.144. The summed E-state index contributed by atoms with van der Waals surface area (Å²) in [6, 6.07) is 15.0. The number of likely N-dealkylation sites (N-methyl/N-ethyl adjacent to an activating group) is 1. The predicted octanol–water partition coefficient (Wildman–Crippen LogP) is 4.72. The number of hydrogen-bond donors (Lipinski definition) is 0. The normalized spacial score (nSPS) is 12.8. The maximum atomic E-state index is 12.8. The van der Waals surface area contributed by atoms with Crippen molar-refractivity contribution in [1.29, 1.82) is 0 Å². The maximum absolute atomic E-state index is 12.8. The molecule has 146 valence electrons. The van der Waals surface area contributed by atoms with Crippen LogP contribution in [-0.2, 0) is 15.7 Å². The summed E-state index contributed by atoms with van der Waals surface area (Å²) in [4.78, 5) is 13.5. The van der Waals surface area contributed by atoms with Gasteiger partial charge in [-0.1, -0.05) is 42.5 Å². The van der Waals surface area contributed by atoms with E-state index >= 15 is 0 Å². The van der Waals surface area contributed by atoms with Crippen LogP contribution in [0.2, 0.25) is 0 Å². The molecular formula is C21H24F3NO2. The highest BCUT2D eigenvalue weighted by molar-refractivity contribution is 5.71. The fourth-order valence-corrected chi connectivity index (χ4v) is 2.97. The van der Waals surface area contributed by atoms with E-state index in [4.69, 9.17) is 4.74 Å². The zero-order chi connectivity index (χ0) is 19.9. The first kappa shape index (κ1) is 21.0. The van der Waals surface area contributed by atoms with Crippen LogP contribution in [0.4, 0.5) is 13.2 Å². The number of benzene rings is 2. The second-order valence-corrected chi connectivity index (χ2v) is 6.41. The number of rotatable bonds is 8. The van der Waals surface area contributed by atoms with Gasteiger partial charge >= 0.3 is 12.1 Å². The van der Waals surface area contributed by atoms with E-state index < -0.39 is 11.7 Å². The van der Waals surface area contributed by atoms with Gasteiger partial charge in [-0.15, -0.1) is 0 Å². The molecule has 0 saturated carbocycles. The summed E-state index contributed by atoms with van der Waals surface area (Å²) in [5.41, 5.74) is 1.19. The molecule has 6 heteroatoms. The number of carbonyl (C=O) groups excluding carboxylic acids is 1. The average Bonchev–Trinajstić information content (AvgIpc) is 2.62. The predicted molar refractivity (Wildman–Crippen MR) is 98.5 cm³/mol. The van der Waals surface area contributed by atoms with Crippen molar-refractivity contribution in [2.75, 3.05) is 26.7 Å². The van der Waals surface area contributed by atoms with Crippen molar-refractivity contribution in [3.63, 3.8) is 0 Å². The molecule has 0 saturated heterocycles. The molecule has 2 aromatic rings. The molecule has 0 N–H and O–H groups in total. The minimum atomic E-state index is -4.35. The van der Waals surface area contributed by atoms with Gasteiger partial charge in [-0.3, -0.25) is 9.69 Å². The number of halogens is 3. The van der Waals surface area contributed by atoms with Crippen LogP contribution in [0.5, 0.6) is 0 Å². The molecule has 0 aliphatic rings. The second-order valence-electron chi connectivity index (χ2n) is 6.41. The molecule has 2 aromatic carbocycles. The number of carbonyl (C=O) groups is 1. The minimum Gasteiger partial charge on any atom is -0.465 e. The summed E-state index contributed by atoms with van der Waals surface area (Å²) in [6.45, 7) is 2.89. The first-order valence-electron chi connectivity index (χ1n) is 8.87. The van der Waals surface area contributed by atoms with Crippen LogP contribution in [0.1, 0.15) is 36.0 Å². The number of esters is 1. The Bertz CT molecular complexity index is 714. The molecule has 0 aromatic heterocycles. The molecule has 0 spiro atoms. The van der Waals surface area contributed by atoms with Crippen LogP contribution in [0.3, 0.4) is 0 Å². The Kier molecular flexibility index (Phi) is 7.42. The Morgan fingerprint density at radius 3 is 2.19 bits per heavy atom. The molecule has 27 heavy (non-hydrogen) atoms. The van der Waals surface area contributed by atoms with E-state index in [0.29, 0.717) is 19.6 Å². The van der Waals surface area contributed by atoms with Crippen molar-refractivity contribution in [3.8, 4) is 0 Å². The number of hydrogen-bond acceptors (Lipinski definition) is 3. The summed E-state index contributed by atoms with van der Waals surface area (Å²) < 4.78 is 43.4. The fraction of sp³-hybridized carbons (Fsp3) is 0.381. The van der Waals surface area contributed by atoms with Crippen molar-refractivity contribution in [2.24, 2.45) is 0 Å². The topological polar surface area (TPSA) is 29.5 Å². The summed E-state index contributed by atoms with van der Waals surface area (Å²) >= 11 is 0. The van der Waals surface area contributed by atoms with Crippen LogP contribution in [-0.4, -0.2) is 37.6 Å². The summed E-state index contributed by atoms with van der Waals surface area (Å²) in [7, 11) is 1.83. The van der Waals surface area contributed by atoms with E-state index in [-0.39, 0.29) is 18.4 Å². The fourth-order valence-electron chi connectivity index (χ4n) is 2.97. The third-order valence-corrected chi connectivity index (χ3v) is 4.35. The van der Waals surface area contributed by atoms with Gasteiger partial charge in [0.25, 0.3) is 0 Å². The highest BCUT2D eigenvalue weighted by Gasteiger charge is 2.30. The molecule has 1 atom stereocenters. The molecule has 0 heterocycles. The first-order chi connectivity index (χ1) is 12.8. The first-order valence-corrected chi connectivity index (χ1v) is 8.87. The van der Waals surface area contributed by atoms with Crippen LogP contribution >= 0.6 is 0 Å². The van der Waals surface area contributed by atoms with Crippen LogP contribution in [0, 0.1) is 0 Å². The zero-order valence-corrected chi connectivity index (χ0v) is 15.5. The molecule has 0 fully saturated rings. The Balaban J connectivity index is 2.14. The maximum Gasteiger partial charge on any atom is 0.416 e. The quantitative estimate of drug-likeness (QED) is 0.622. The molecule has 0 amide bonds. The Labute approximate surface area is 157 Å². The highest BCUT2D eigenvalue weighted by Crippen LogP contribution is 2.33. The van der Waals surface area contributed by atoms with E-state index in [2.05, 4.69) is 0 Å². The Morgan fingerprint density at radius 2 is 1.63 bits per heavy atom. The van der Waals surface area contributed by atoms with Crippen molar-refractivity contribution >= 4 is 5.97 Å². The van der Waals surface area contributed by atoms with Crippen molar-refractivity contribution < 1.29 is 22.7 Å². The van der Waals surface area contributed by atoms with E-state index in [9.17, 15) is 18.0 Å². The molecule has 0 radical (unpaired) electrons. The van der Waals surface area contributed by atoms with Crippen molar-refractivity contribution in [1.82, 2.24) is 4.90 Å². The number of alkyl halides is 3. The van der Waals surface area contributed by atoms with E-state index in [0.717, 1.165) is 23.3 Å². The van der Waals surface area contributed by atoms with Crippen molar-refractivity contribution in [2.45, 2.75) is 25.4 Å². The monoisotopic (exact) mass is 379 g/mol. The average molecular weight is 379 g/mol. The van der Waals surface area contributed by atoms with Crippen LogP contribution in [0.25, 0.3) is 0 Å². The van der Waals surface area contributed by atoms with Crippen LogP contribution in [0.15, 0.2) is 54.6 Å². The molecule has 0 bridgehead atoms. The van der Waals surface area contributed by atoms with E-state index in [1.807, 2.05) is 42.3 Å². The van der Waals surface area contributed by atoms with Gasteiger partial charge in [-0.05, 0) is 50.2 Å². The van der Waals surface area contributed by atoms with E-state index in [1.54, 1.807) is 6.92 Å². The van der Waals surface area contributed by atoms with Gasteiger partial charge in [0.15, 0.2) is 0 Å². The molecule has 2 rings (SSSR count). The van der Waals surface area contributed by atoms with Gasteiger partial charge in [0, 0.05) is 5.92 Å². The Morgan fingerprint density at radius 1 is 1.04 bits per heavy atom. The third kappa shape index (κ3) is 6.40. The standard InChI is InChI=1S/C21H24F3NO2/c1-3-27-20(26)15-25(2)14-13-19(16-7-5-4-6-8-16)17-9-11-18(12-10-17)21(22,23)24/h4-12,19H,3,13-15H2,1-2H3. The molecular weight excluding hydrogens is 355 g/mol.